The van der Waals surface area contributed by atoms with Gasteiger partial charge < -0.3 is 9.40 Å². The maximum Gasteiger partial charge on any atom is 0.216 e. The van der Waals surface area contributed by atoms with E-state index in [9.17, 15) is 0 Å². The van der Waals surface area contributed by atoms with E-state index < -0.39 is 0 Å². The van der Waals surface area contributed by atoms with Crippen LogP contribution in [-0.2, 0) is 20.1 Å². The second-order valence-corrected chi connectivity index (χ2v) is 11.1. The van der Waals surface area contributed by atoms with Crippen molar-refractivity contribution in [2.75, 3.05) is 0 Å². The molecule has 40 heavy (non-hydrogen) atoms. The quantitative estimate of drug-likeness (QED) is 0.168. The third kappa shape index (κ3) is 5.48. The molecule has 0 bridgehead atoms. The summed E-state index contributed by atoms with van der Waals surface area (Å²) in [6.07, 6.45) is 1.92. The number of benzene rings is 2. The zero-order chi connectivity index (χ0) is 27.1. The van der Waals surface area contributed by atoms with E-state index in [1.807, 2.05) is 43.5 Å². The van der Waals surface area contributed by atoms with E-state index in [-0.39, 0.29) is 20.1 Å². The summed E-state index contributed by atoms with van der Waals surface area (Å²) in [4.78, 5) is 16.0. The van der Waals surface area contributed by atoms with Crippen LogP contribution < -0.4 is 0 Å². The van der Waals surface area contributed by atoms with E-state index in [1.165, 1.54) is 27.0 Å². The molecular weight excluding hydrogens is 691 g/mol. The summed E-state index contributed by atoms with van der Waals surface area (Å²) in [5.74, 6) is 0. The fraction of sp³-hybridized carbons (Fsp3) is 0.147. The molecule has 2 aromatic carbocycles. The Morgan fingerprint density at radius 3 is 2.40 bits per heavy atom. The average molecular weight is 718 g/mol. The van der Waals surface area contributed by atoms with Crippen LogP contribution in [0.4, 0.5) is 0 Å². The number of aromatic nitrogens is 3. The van der Waals surface area contributed by atoms with Crippen molar-refractivity contribution in [3.8, 4) is 22.5 Å². The van der Waals surface area contributed by atoms with Crippen LogP contribution in [0.15, 0.2) is 77.3 Å². The molecule has 0 saturated carbocycles. The summed E-state index contributed by atoms with van der Waals surface area (Å²) in [6.45, 7) is 10.3. The minimum absolute atomic E-state index is 0. The fourth-order valence-electron chi connectivity index (χ4n) is 4.52. The summed E-state index contributed by atoms with van der Waals surface area (Å²) in [6, 6.07) is 29.1. The molecule has 0 amide bonds. The molecule has 5 aromatic heterocycles. The molecule has 0 aliphatic rings. The van der Waals surface area contributed by atoms with Crippen LogP contribution >= 0.6 is 11.3 Å². The molecule has 7 aromatic rings. The van der Waals surface area contributed by atoms with Gasteiger partial charge in [-0.25, -0.2) is 4.98 Å². The molecule has 0 fully saturated rings. The van der Waals surface area contributed by atoms with Crippen molar-refractivity contribution in [2.24, 2.45) is 0 Å². The smallest absolute Gasteiger partial charge is 0.216 e. The molecule has 201 valence electrons. The summed E-state index contributed by atoms with van der Waals surface area (Å²) in [5, 5.41) is 3.25. The Labute approximate surface area is 251 Å². The van der Waals surface area contributed by atoms with Crippen LogP contribution in [-0.4, -0.2) is 15.0 Å². The van der Waals surface area contributed by atoms with Gasteiger partial charge in [-0.05, 0) is 62.8 Å². The summed E-state index contributed by atoms with van der Waals surface area (Å²) in [5.41, 5.74) is 9.95. The Balaban J connectivity index is 0.000000175. The number of hydrogen-bond acceptors (Lipinski definition) is 5. The Kier molecular flexibility index (Phi) is 7.95. The average Bonchev–Trinajstić information content (AvgIpc) is 3.49. The summed E-state index contributed by atoms with van der Waals surface area (Å²) < 4.78 is 6.06. The summed E-state index contributed by atoms with van der Waals surface area (Å²) in [7, 11) is 0. The molecule has 0 aliphatic heterocycles. The van der Waals surface area contributed by atoms with Crippen LogP contribution in [0.1, 0.15) is 27.3 Å². The van der Waals surface area contributed by atoms with Gasteiger partial charge >= 0.3 is 0 Å². The minimum atomic E-state index is 0. The molecule has 5 heterocycles. The Morgan fingerprint density at radius 1 is 0.775 bits per heavy atom. The fourth-order valence-corrected chi connectivity index (χ4v) is 5.40. The molecule has 0 aliphatic carbocycles. The van der Waals surface area contributed by atoms with Crippen LogP contribution in [0, 0.1) is 46.8 Å². The summed E-state index contributed by atoms with van der Waals surface area (Å²) >= 11 is 1.71. The van der Waals surface area contributed by atoms with Crippen LogP contribution in [0.3, 0.4) is 0 Å². The first-order valence-electron chi connectivity index (χ1n) is 12.9. The zero-order valence-electron chi connectivity index (χ0n) is 22.9. The van der Waals surface area contributed by atoms with E-state index in [1.54, 1.807) is 11.3 Å². The number of hydrogen-bond donors (Lipinski definition) is 0. The Bertz CT molecular complexity index is 1970. The maximum atomic E-state index is 6.06. The maximum absolute atomic E-state index is 6.06. The van der Waals surface area contributed by atoms with Crippen molar-refractivity contribution >= 4 is 43.6 Å². The van der Waals surface area contributed by atoms with Gasteiger partial charge in [0, 0.05) is 47.6 Å². The SMILES string of the molecule is Cc1c[c-]c(-c2cc(C)c(C)cn2)cc1.Cc1ccc2c(n1)oc1c(-c3ccc4cc(C)sc4n3)[c-]ccc12.[Ir]. The number of fused-ring (bicyclic) bond motifs is 4. The van der Waals surface area contributed by atoms with E-state index in [4.69, 9.17) is 9.40 Å². The number of aryl methyl sites for hydroxylation is 5. The number of thiophene rings is 1. The van der Waals surface area contributed by atoms with Crippen LogP contribution in [0.25, 0.3) is 54.8 Å². The van der Waals surface area contributed by atoms with Gasteiger partial charge in [0.15, 0.2) is 0 Å². The van der Waals surface area contributed by atoms with Crippen LogP contribution in [0.2, 0.25) is 0 Å². The first kappa shape index (κ1) is 27.9. The van der Waals surface area contributed by atoms with Gasteiger partial charge in [0.1, 0.15) is 4.83 Å². The third-order valence-corrected chi connectivity index (χ3v) is 7.78. The molecule has 4 nitrogen and oxygen atoms in total. The predicted octanol–water partition coefficient (Wildman–Crippen LogP) is 9.15. The van der Waals surface area contributed by atoms with Gasteiger partial charge in [0.2, 0.25) is 5.71 Å². The number of rotatable bonds is 2. The van der Waals surface area contributed by atoms with Gasteiger partial charge in [-0.1, -0.05) is 41.6 Å². The number of pyridine rings is 3. The van der Waals surface area contributed by atoms with Crippen LogP contribution in [0.5, 0.6) is 0 Å². The monoisotopic (exact) mass is 718 g/mol. The molecule has 0 atom stereocenters. The molecule has 0 unspecified atom stereocenters. The zero-order valence-corrected chi connectivity index (χ0v) is 26.1. The number of furan rings is 1. The second kappa shape index (κ2) is 11.4. The molecule has 0 spiro atoms. The van der Waals surface area contributed by atoms with Gasteiger partial charge in [-0.3, -0.25) is 4.98 Å². The first-order valence-corrected chi connectivity index (χ1v) is 13.7. The van der Waals surface area contributed by atoms with Crippen molar-refractivity contribution < 1.29 is 24.5 Å². The van der Waals surface area contributed by atoms with Gasteiger partial charge in [0.05, 0.1) is 5.58 Å². The molecule has 6 heteroatoms. The molecular formula is C34H27IrN3OS-2. The molecule has 0 N–H and O–H groups in total. The van der Waals surface area contributed by atoms with E-state index in [0.29, 0.717) is 5.71 Å². The van der Waals surface area contributed by atoms with Gasteiger partial charge in [0.25, 0.3) is 0 Å². The predicted molar refractivity (Wildman–Crippen MR) is 161 cm³/mol. The number of nitrogens with zero attached hydrogens (tertiary/aromatic N) is 3. The minimum Gasteiger partial charge on any atom is -0.486 e. The largest absolute Gasteiger partial charge is 0.486 e. The van der Waals surface area contributed by atoms with Crippen molar-refractivity contribution in [1.29, 1.82) is 0 Å². The topological polar surface area (TPSA) is 51.8 Å². The van der Waals surface area contributed by atoms with Gasteiger partial charge in [-0.2, -0.15) is 0 Å². The Hall–Kier alpha value is -3.70. The van der Waals surface area contributed by atoms with Gasteiger partial charge in [-0.15, -0.1) is 64.9 Å². The molecule has 1 radical (unpaired) electrons. The Morgan fingerprint density at radius 2 is 1.62 bits per heavy atom. The molecule has 7 rings (SSSR count). The van der Waals surface area contributed by atoms with E-state index in [2.05, 4.69) is 86.2 Å². The van der Waals surface area contributed by atoms with E-state index in [0.717, 1.165) is 49.4 Å². The first-order chi connectivity index (χ1) is 18.9. The third-order valence-electron chi connectivity index (χ3n) is 6.82. The van der Waals surface area contributed by atoms with Crippen molar-refractivity contribution in [1.82, 2.24) is 15.0 Å². The normalized spacial score (nSPS) is 10.9. The van der Waals surface area contributed by atoms with Crippen molar-refractivity contribution in [3.05, 3.63) is 112 Å². The molecule has 0 saturated heterocycles. The van der Waals surface area contributed by atoms with E-state index >= 15 is 0 Å². The van der Waals surface area contributed by atoms with Crippen molar-refractivity contribution in [2.45, 2.75) is 34.6 Å². The second-order valence-electron chi connectivity index (χ2n) is 9.88. The van der Waals surface area contributed by atoms with Crippen molar-refractivity contribution in [3.63, 3.8) is 0 Å². The standard InChI is InChI=1S/C20H13N2OS.C14H14N.Ir/c1-11-6-8-15-14-4-3-5-16(18(14)23-19(15)21-11)17-9-7-13-10-12(2)24-20(13)22-17;1-10-4-6-13(7-5-10)14-8-11(2)12(3)9-15-14;/h3-4,6-10H,1-2H3;4-6,8-9H,1-3H3;/q2*-1;.